The Kier molecular flexibility index (Phi) is 8.01. The van der Waals surface area contributed by atoms with Crippen LogP contribution in [0.5, 0.6) is 0 Å². The van der Waals surface area contributed by atoms with Crippen molar-refractivity contribution >= 4 is 36.8 Å². The average Bonchev–Trinajstić information content (AvgIpc) is 2.59. The van der Waals surface area contributed by atoms with Gasteiger partial charge in [-0.25, -0.2) is 0 Å². The molecule has 6 heteroatoms. The van der Waals surface area contributed by atoms with E-state index >= 15 is 0 Å². The van der Waals surface area contributed by atoms with Gasteiger partial charge in [-0.3, -0.25) is 0 Å². The van der Waals surface area contributed by atoms with Gasteiger partial charge in [0.25, 0.3) is 0 Å². The number of amidine groups is 1. The first-order valence-corrected chi connectivity index (χ1v) is 13.4. The van der Waals surface area contributed by atoms with Gasteiger partial charge in [0.15, 0.2) is 0 Å². The van der Waals surface area contributed by atoms with Gasteiger partial charge in [-0.15, -0.1) is 0 Å². The standard InChI is InChI=1S/C18H26N3O2.C3H7.Sn/c1-17(2,3)23-16(22)21-18(10-5-4-6-11-18)14-8-7-9-15(12-14)20-13-19;1-3-2;/h7-9,12H,4-6,10-11H2,1-3H3,(H2,19,20)(H,21,22);1,3H2,2H3;/q;;+2. The molecular formula is C21H33N3O2Sn+2. The predicted molar refractivity (Wildman–Crippen MR) is 113 cm³/mol. The number of aliphatic imine (C=N–C) groups is 1. The molecule has 146 valence electrons. The van der Waals surface area contributed by atoms with E-state index < -0.39 is 26.7 Å². The predicted octanol–water partition coefficient (Wildman–Crippen LogP) is 4.85. The van der Waals surface area contributed by atoms with E-state index in [4.69, 9.17) is 10.5 Å². The molecule has 0 aromatic heterocycles. The Balaban J connectivity index is 2.26. The van der Waals surface area contributed by atoms with Crippen molar-refractivity contribution in [2.45, 2.75) is 81.8 Å². The van der Waals surface area contributed by atoms with Gasteiger partial charge in [0, 0.05) is 0 Å². The first-order valence-electron chi connectivity index (χ1n) is 9.94. The van der Waals surface area contributed by atoms with E-state index in [0.29, 0.717) is 0 Å². The van der Waals surface area contributed by atoms with Crippen LogP contribution in [0.1, 0.15) is 71.8 Å². The van der Waals surface area contributed by atoms with E-state index in [0.717, 1.165) is 40.8 Å². The SMILES string of the molecule is CC[CH2][Sn+2][C](N)=Nc1cccc(C2(NC(=O)OC(C)(C)C)CCCCC2)c1. The van der Waals surface area contributed by atoms with E-state index in [9.17, 15) is 4.79 Å². The molecule has 0 spiro atoms. The van der Waals surface area contributed by atoms with Crippen molar-refractivity contribution in [1.29, 1.82) is 0 Å². The fourth-order valence-electron chi connectivity index (χ4n) is 3.44. The van der Waals surface area contributed by atoms with Crippen molar-refractivity contribution < 1.29 is 9.53 Å². The quantitative estimate of drug-likeness (QED) is 0.349. The number of rotatable bonds is 6. The van der Waals surface area contributed by atoms with Crippen molar-refractivity contribution in [3.05, 3.63) is 29.8 Å². The number of carbonyl (C=O) groups is 1. The molecule has 0 radical (unpaired) electrons. The molecule has 1 saturated carbocycles. The number of amides is 1. The number of hydrogen-bond donors (Lipinski definition) is 2. The summed E-state index contributed by atoms with van der Waals surface area (Å²) in [5, 5.41) is 3.19. The first-order chi connectivity index (χ1) is 12.7. The summed E-state index contributed by atoms with van der Waals surface area (Å²) < 4.78 is 7.58. The van der Waals surface area contributed by atoms with Crippen LogP contribution >= 0.6 is 0 Å². The second-order valence-corrected chi connectivity index (χ2v) is 12.1. The van der Waals surface area contributed by atoms with Crippen LogP contribution in [-0.2, 0) is 10.3 Å². The van der Waals surface area contributed by atoms with Crippen LogP contribution in [0.2, 0.25) is 4.44 Å². The Hall–Kier alpha value is -1.24. The number of carbonyl (C=O) groups excluding carboxylic acids is 1. The number of nitrogens with zero attached hydrogens (tertiary/aromatic N) is 1. The van der Waals surface area contributed by atoms with Crippen LogP contribution in [0.3, 0.4) is 0 Å². The summed E-state index contributed by atoms with van der Waals surface area (Å²) in [5.41, 5.74) is 7.23. The molecule has 0 aliphatic heterocycles. The molecule has 2 rings (SSSR count). The molecular weight excluding hydrogens is 445 g/mol. The monoisotopic (exact) mass is 479 g/mol. The molecule has 1 aliphatic rings. The Morgan fingerprint density at radius 1 is 1.30 bits per heavy atom. The van der Waals surface area contributed by atoms with Crippen molar-refractivity contribution in [3.8, 4) is 0 Å². The molecule has 1 amide bonds. The summed E-state index contributed by atoms with van der Waals surface area (Å²) in [5.74, 6) is 0. The third kappa shape index (κ3) is 7.01. The summed E-state index contributed by atoms with van der Waals surface area (Å²) in [6.07, 6.45) is 6.04. The summed E-state index contributed by atoms with van der Waals surface area (Å²) in [4.78, 5) is 17.2. The molecule has 0 atom stereocenters. The van der Waals surface area contributed by atoms with Gasteiger partial charge in [0.2, 0.25) is 0 Å². The number of nitrogens with two attached hydrogens (primary N) is 1. The minimum atomic E-state index is -0.741. The van der Waals surface area contributed by atoms with E-state index in [1.165, 1.54) is 17.3 Å². The maximum absolute atomic E-state index is 12.5. The summed E-state index contributed by atoms with van der Waals surface area (Å²) in [6.45, 7) is 7.85. The van der Waals surface area contributed by atoms with Crippen molar-refractivity contribution in [2.75, 3.05) is 0 Å². The molecule has 1 aliphatic carbocycles. The fraction of sp³-hybridized carbons (Fsp3) is 0.619. The number of ether oxygens (including phenoxy) is 1. The second-order valence-electron chi connectivity index (χ2n) is 8.24. The summed E-state index contributed by atoms with van der Waals surface area (Å²) in [7, 11) is 0. The minimum absolute atomic E-state index is 0.352. The zero-order chi connectivity index (χ0) is 19.9. The number of alkyl carbamates (subject to hydrolysis) is 1. The number of hydrogen-bond acceptors (Lipinski definition) is 3. The van der Waals surface area contributed by atoms with E-state index in [1.807, 2.05) is 32.9 Å². The molecule has 1 aromatic rings. The molecule has 0 unspecified atom stereocenters. The van der Waals surface area contributed by atoms with Gasteiger partial charge in [-0.1, -0.05) is 0 Å². The number of nitrogens with one attached hydrogen (secondary N) is 1. The molecule has 1 aromatic carbocycles. The van der Waals surface area contributed by atoms with Crippen LogP contribution in [0, 0.1) is 0 Å². The van der Waals surface area contributed by atoms with Crippen LogP contribution in [0.15, 0.2) is 29.3 Å². The molecule has 5 nitrogen and oxygen atoms in total. The van der Waals surface area contributed by atoms with Gasteiger partial charge in [0.05, 0.1) is 0 Å². The molecule has 3 N–H and O–H groups in total. The molecule has 27 heavy (non-hydrogen) atoms. The van der Waals surface area contributed by atoms with Gasteiger partial charge in [-0.05, 0) is 0 Å². The van der Waals surface area contributed by atoms with E-state index in [1.54, 1.807) is 0 Å². The zero-order valence-corrected chi connectivity index (χ0v) is 20.0. The molecule has 0 heterocycles. The van der Waals surface area contributed by atoms with Crippen LogP contribution < -0.4 is 11.1 Å². The second kappa shape index (κ2) is 9.80. The zero-order valence-electron chi connectivity index (χ0n) is 17.1. The first kappa shape index (κ1) is 22.1. The van der Waals surface area contributed by atoms with E-state index in [-0.39, 0.29) is 11.6 Å². The molecule has 1 fully saturated rings. The van der Waals surface area contributed by atoms with Gasteiger partial charge < -0.3 is 0 Å². The van der Waals surface area contributed by atoms with Gasteiger partial charge in [-0.2, -0.15) is 0 Å². The van der Waals surface area contributed by atoms with Crippen LogP contribution in [0.25, 0.3) is 0 Å². The Bertz CT molecular complexity index is 662. The van der Waals surface area contributed by atoms with E-state index in [2.05, 4.69) is 29.4 Å². The van der Waals surface area contributed by atoms with Gasteiger partial charge >= 0.3 is 174 Å². The van der Waals surface area contributed by atoms with Gasteiger partial charge in [0.1, 0.15) is 0 Å². The summed E-state index contributed by atoms with van der Waals surface area (Å²) in [6, 6.07) is 8.18. The van der Waals surface area contributed by atoms with Crippen molar-refractivity contribution in [1.82, 2.24) is 5.32 Å². The van der Waals surface area contributed by atoms with Crippen molar-refractivity contribution in [3.63, 3.8) is 0 Å². The fourth-order valence-corrected chi connectivity index (χ4v) is 5.48. The maximum atomic E-state index is 12.5. The Morgan fingerprint density at radius 3 is 2.63 bits per heavy atom. The van der Waals surface area contributed by atoms with Crippen LogP contribution in [0.4, 0.5) is 10.5 Å². The topological polar surface area (TPSA) is 76.7 Å². The number of benzene rings is 1. The summed E-state index contributed by atoms with van der Waals surface area (Å²) >= 11 is -0.741. The Morgan fingerprint density at radius 2 is 2.00 bits per heavy atom. The Labute approximate surface area is 173 Å². The van der Waals surface area contributed by atoms with Crippen LogP contribution in [-0.4, -0.2) is 36.7 Å². The van der Waals surface area contributed by atoms with Crippen molar-refractivity contribution in [2.24, 2.45) is 10.7 Å². The third-order valence-corrected chi connectivity index (χ3v) is 8.15. The molecule has 0 bridgehead atoms. The molecule has 0 saturated heterocycles. The average molecular weight is 478 g/mol. The normalized spacial score (nSPS) is 17.1. The third-order valence-electron chi connectivity index (χ3n) is 4.65.